The molecule has 7 heteroatoms. The molecule has 1 aliphatic heterocycles. The van der Waals surface area contributed by atoms with Crippen molar-refractivity contribution in [1.82, 2.24) is 0 Å². The van der Waals surface area contributed by atoms with Crippen LogP contribution in [0.3, 0.4) is 0 Å². The molecule has 0 aliphatic carbocycles. The van der Waals surface area contributed by atoms with Crippen molar-refractivity contribution < 1.29 is 25.5 Å². The quantitative estimate of drug-likeness (QED) is 0.284. The molecule has 0 spiro atoms. The third kappa shape index (κ3) is 1.96. The van der Waals surface area contributed by atoms with Crippen LogP contribution in [0.1, 0.15) is 0 Å². The molecule has 0 aromatic carbocycles. The summed E-state index contributed by atoms with van der Waals surface area (Å²) in [6.07, 6.45) is -4.31. The van der Waals surface area contributed by atoms with Crippen LogP contribution in [0.2, 0.25) is 0 Å². The standard InChI is InChI=1S/C6H12O5S2/c7-1-6(12)4(10)2(8)3(9)5(11)13-6/h2-5,7-12H,1H2/t2-,3-,4+,5+,6+/m1/s1. The van der Waals surface area contributed by atoms with E-state index in [0.29, 0.717) is 0 Å². The summed E-state index contributed by atoms with van der Waals surface area (Å²) >= 11 is 4.65. The average Bonchev–Trinajstić information content (AvgIpc) is 2.12. The second-order valence-corrected chi connectivity index (χ2v) is 5.49. The Bertz CT molecular complexity index is 192. The van der Waals surface area contributed by atoms with Crippen LogP contribution in [-0.2, 0) is 0 Å². The lowest BCUT2D eigenvalue weighted by Crippen LogP contribution is -2.58. The summed E-state index contributed by atoms with van der Waals surface area (Å²) in [6, 6.07) is 0. The molecule has 0 radical (unpaired) electrons. The van der Waals surface area contributed by atoms with Crippen LogP contribution in [0.15, 0.2) is 0 Å². The lowest BCUT2D eigenvalue weighted by molar-refractivity contribution is -0.0990. The molecule has 5 atom stereocenters. The molecule has 0 aromatic rings. The molecule has 1 fully saturated rings. The van der Waals surface area contributed by atoms with Gasteiger partial charge in [-0.25, -0.2) is 0 Å². The number of aliphatic hydroxyl groups is 5. The molecule has 1 saturated heterocycles. The fraction of sp³-hybridized carbons (Fsp3) is 1.00. The molecule has 1 rings (SSSR count). The van der Waals surface area contributed by atoms with Gasteiger partial charge < -0.3 is 25.5 Å². The minimum atomic E-state index is -1.50. The van der Waals surface area contributed by atoms with Crippen LogP contribution in [-0.4, -0.2) is 60.0 Å². The van der Waals surface area contributed by atoms with E-state index in [2.05, 4.69) is 12.6 Å². The Labute approximate surface area is 84.8 Å². The van der Waals surface area contributed by atoms with Gasteiger partial charge in [0.15, 0.2) is 0 Å². The SMILES string of the molecule is OC[C@]1(S)S[C@H](O)[C@H](O)[C@@H](O)[C@@H]1O. The van der Waals surface area contributed by atoms with E-state index in [1.54, 1.807) is 0 Å². The molecule has 0 bridgehead atoms. The van der Waals surface area contributed by atoms with Crippen LogP contribution in [0.5, 0.6) is 0 Å². The molecule has 1 aliphatic rings. The van der Waals surface area contributed by atoms with E-state index in [4.69, 9.17) is 10.2 Å². The molecule has 0 saturated carbocycles. The normalized spacial score (nSPS) is 52.2. The number of aliphatic hydroxyl groups excluding tert-OH is 5. The molecule has 78 valence electrons. The predicted molar refractivity (Wildman–Crippen MR) is 50.4 cm³/mol. The maximum absolute atomic E-state index is 9.41. The van der Waals surface area contributed by atoms with Gasteiger partial charge in [-0.1, -0.05) is 0 Å². The topological polar surface area (TPSA) is 101 Å². The van der Waals surface area contributed by atoms with Gasteiger partial charge in [0.1, 0.15) is 27.8 Å². The Morgan fingerprint density at radius 3 is 2.15 bits per heavy atom. The summed E-state index contributed by atoms with van der Waals surface area (Å²) in [4.78, 5) is 0. The van der Waals surface area contributed by atoms with Crippen molar-refractivity contribution in [2.75, 3.05) is 6.61 Å². The molecule has 0 amide bonds. The molecule has 0 aromatic heterocycles. The lowest BCUT2D eigenvalue weighted by atomic mass is 10.0. The zero-order valence-corrected chi connectivity index (χ0v) is 8.32. The van der Waals surface area contributed by atoms with Gasteiger partial charge in [0.25, 0.3) is 0 Å². The average molecular weight is 228 g/mol. The zero-order chi connectivity index (χ0) is 10.2. The monoisotopic (exact) mass is 228 g/mol. The van der Waals surface area contributed by atoms with Crippen molar-refractivity contribution >= 4 is 24.4 Å². The summed E-state index contributed by atoms with van der Waals surface area (Å²) < 4.78 is -1.34. The third-order valence-electron chi connectivity index (χ3n) is 1.98. The molecular formula is C6H12O5S2. The minimum absolute atomic E-state index is 0.511. The van der Waals surface area contributed by atoms with E-state index in [9.17, 15) is 15.3 Å². The van der Waals surface area contributed by atoms with Crippen LogP contribution in [0, 0.1) is 0 Å². The second-order valence-electron chi connectivity index (χ2n) is 2.94. The lowest BCUT2D eigenvalue weighted by Gasteiger charge is -2.43. The van der Waals surface area contributed by atoms with E-state index >= 15 is 0 Å². The molecule has 13 heavy (non-hydrogen) atoms. The first kappa shape index (κ1) is 11.6. The van der Waals surface area contributed by atoms with Crippen molar-refractivity contribution in [2.45, 2.75) is 27.8 Å². The summed E-state index contributed by atoms with van der Waals surface area (Å²) in [5.41, 5.74) is -1.26. The van der Waals surface area contributed by atoms with Crippen molar-refractivity contribution in [3.8, 4) is 0 Å². The van der Waals surface area contributed by atoms with Gasteiger partial charge in [0, 0.05) is 0 Å². The first-order valence-electron chi connectivity index (χ1n) is 3.65. The molecule has 0 unspecified atom stereocenters. The first-order chi connectivity index (χ1) is 5.92. The smallest absolute Gasteiger partial charge is 0.129 e. The van der Waals surface area contributed by atoms with E-state index < -0.39 is 34.4 Å². The second kappa shape index (κ2) is 3.93. The van der Waals surface area contributed by atoms with Crippen molar-refractivity contribution in [1.29, 1.82) is 0 Å². The molecule has 5 N–H and O–H groups in total. The highest BCUT2D eigenvalue weighted by Gasteiger charge is 2.50. The minimum Gasteiger partial charge on any atom is -0.394 e. The number of thiol groups is 1. The van der Waals surface area contributed by atoms with Crippen molar-refractivity contribution in [3.63, 3.8) is 0 Å². The fourth-order valence-electron chi connectivity index (χ4n) is 1.10. The van der Waals surface area contributed by atoms with Gasteiger partial charge in [-0.3, -0.25) is 0 Å². The van der Waals surface area contributed by atoms with E-state index in [-0.39, 0.29) is 0 Å². The summed E-state index contributed by atoms with van der Waals surface area (Å²) in [7, 11) is 0. The maximum atomic E-state index is 9.41. The predicted octanol–water partition coefficient (Wildman–Crippen LogP) is -2.25. The number of hydrogen-bond donors (Lipinski definition) is 6. The summed E-state index contributed by atoms with van der Waals surface area (Å²) in [5.74, 6) is 0. The van der Waals surface area contributed by atoms with Crippen molar-refractivity contribution in [3.05, 3.63) is 0 Å². The Balaban J connectivity index is 2.82. The Hall–Kier alpha value is 0.500. The highest BCUT2D eigenvalue weighted by Crippen LogP contribution is 2.42. The highest BCUT2D eigenvalue weighted by atomic mass is 32.2. The van der Waals surface area contributed by atoms with Gasteiger partial charge in [-0.05, 0) is 0 Å². The summed E-state index contributed by atoms with van der Waals surface area (Å²) in [5, 5.41) is 45.9. The molecular weight excluding hydrogens is 216 g/mol. The Morgan fingerprint density at radius 1 is 1.15 bits per heavy atom. The zero-order valence-electron chi connectivity index (χ0n) is 6.61. The summed E-state index contributed by atoms with van der Waals surface area (Å²) in [6.45, 7) is -0.511. The van der Waals surface area contributed by atoms with Crippen LogP contribution in [0.25, 0.3) is 0 Å². The molecule has 5 nitrogen and oxygen atoms in total. The van der Waals surface area contributed by atoms with Crippen LogP contribution in [0.4, 0.5) is 0 Å². The Morgan fingerprint density at radius 2 is 1.69 bits per heavy atom. The number of thioether (sulfide) groups is 1. The van der Waals surface area contributed by atoms with Crippen LogP contribution < -0.4 is 0 Å². The van der Waals surface area contributed by atoms with Gasteiger partial charge in [-0.2, -0.15) is 12.6 Å². The number of hydrogen-bond acceptors (Lipinski definition) is 7. The van der Waals surface area contributed by atoms with Gasteiger partial charge in [0.2, 0.25) is 0 Å². The highest BCUT2D eigenvalue weighted by molar-refractivity contribution is 8.12. The molecule has 1 heterocycles. The van der Waals surface area contributed by atoms with E-state index in [0.717, 1.165) is 11.8 Å². The third-order valence-corrected chi connectivity index (χ3v) is 4.00. The number of rotatable bonds is 1. The first-order valence-corrected chi connectivity index (χ1v) is 4.98. The van der Waals surface area contributed by atoms with Gasteiger partial charge in [-0.15, -0.1) is 11.8 Å². The largest absolute Gasteiger partial charge is 0.394 e. The van der Waals surface area contributed by atoms with Gasteiger partial charge in [0.05, 0.1) is 6.61 Å². The van der Waals surface area contributed by atoms with E-state index in [1.807, 2.05) is 0 Å². The fourth-order valence-corrected chi connectivity index (χ4v) is 2.65. The Kier molecular flexibility index (Phi) is 3.50. The van der Waals surface area contributed by atoms with E-state index in [1.165, 1.54) is 0 Å². The van der Waals surface area contributed by atoms with Crippen LogP contribution >= 0.6 is 24.4 Å². The maximum Gasteiger partial charge on any atom is 0.129 e. The van der Waals surface area contributed by atoms with Crippen molar-refractivity contribution in [2.24, 2.45) is 0 Å². The van der Waals surface area contributed by atoms with Gasteiger partial charge >= 0.3 is 0 Å².